The smallest absolute Gasteiger partial charge is 0.253 e. The normalized spacial score (nSPS) is 11.3. The first kappa shape index (κ1) is 39.1. The number of amides is 1. The molecule has 0 aliphatic heterocycles. The fraction of sp³-hybridized carbons (Fsp3) is 0.576. The third-order valence-corrected chi connectivity index (χ3v) is 6.76. The highest BCUT2D eigenvalue weighted by Gasteiger charge is 2.21. The summed E-state index contributed by atoms with van der Waals surface area (Å²) in [6.07, 6.45) is 0.899. The number of hydrogen-bond acceptors (Lipinski definition) is 7. The van der Waals surface area contributed by atoms with Gasteiger partial charge in [-0.25, -0.2) is 4.98 Å². The zero-order chi connectivity index (χ0) is 31.0. The molecule has 2 aromatic carbocycles. The van der Waals surface area contributed by atoms with Crippen molar-refractivity contribution in [2.24, 2.45) is 17.3 Å². The number of benzene rings is 2. The van der Waals surface area contributed by atoms with Crippen LogP contribution in [0.5, 0.6) is 17.2 Å². The monoisotopic (exact) mass is 653 g/mol. The van der Waals surface area contributed by atoms with Crippen LogP contribution in [0.2, 0.25) is 0 Å². The second kappa shape index (κ2) is 17.6. The number of rotatable bonds is 15. The Morgan fingerprint density at radius 2 is 1.52 bits per heavy atom. The van der Waals surface area contributed by atoms with Gasteiger partial charge in [0.25, 0.3) is 5.91 Å². The second-order valence-electron chi connectivity index (χ2n) is 12.9. The lowest BCUT2D eigenvalue weighted by atomic mass is 9.97. The maximum absolute atomic E-state index is 13.7. The predicted molar refractivity (Wildman–Crippen MR) is 186 cm³/mol. The number of imidazole rings is 1. The van der Waals surface area contributed by atoms with E-state index in [1.165, 1.54) is 0 Å². The van der Waals surface area contributed by atoms with Crippen LogP contribution in [-0.4, -0.2) is 67.9 Å². The first-order chi connectivity index (χ1) is 19.9. The lowest BCUT2D eigenvalue weighted by molar-refractivity contribution is 0.0715. The number of carbonyl (C=O) groups is 1. The quantitative estimate of drug-likeness (QED) is 0.165. The molecule has 3 aromatic rings. The van der Waals surface area contributed by atoms with Gasteiger partial charge in [0.15, 0.2) is 11.5 Å². The summed E-state index contributed by atoms with van der Waals surface area (Å²) < 4.78 is 18.8. The first-order valence-electron chi connectivity index (χ1n) is 14.9. The number of halogens is 2. The molecule has 1 heterocycles. The zero-order valence-corrected chi connectivity index (χ0v) is 29.7. The molecule has 0 saturated carbocycles. The summed E-state index contributed by atoms with van der Waals surface area (Å²) in [6, 6.07) is 9.55. The molecule has 2 N–H and O–H groups in total. The molecule has 248 valence electrons. The topological polar surface area (TPSA) is 89.9 Å². The SMILES string of the molecule is COc1cc(Nc2nc3ccc(C(=O)N(CC(C)C)CC(C)C)cc3n2CCCNCC(C)(C)C)cc(OC)c1OC.Cl.Cl. The molecule has 0 saturated heterocycles. The largest absolute Gasteiger partial charge is 0.493 e. The van der Waals surface area contributed by atoms with Crippen molar-refractivity contribution in [3.8, 4) is 17.2 Å². The van der Waals surface area contributed by atoms with E-state index in [-0.39, 0.29) is 36.1 Å². The number of fused-ring (bicyclic) bond motifs is 1. The summed E-state index contributed by atoms with van der Waals surface area (Å²) >= 11 is 0. The van der Waals surface area contributed by atoms with E-state index in [1.54, 1.807) is 21.3 Å². The number of aromatic nitrogens is 2. The van der Waals surface area contributed by atoms with Gasteiger partial charge in [0.2, 0.25) is 11.7 Å². The van der Waals surface area contributed by atoms with Crippen LogP contribution in [0.25, 0.3) is 11.0 Å². The van der Waals surface area contributed by atoms with Gasteiger partial charge in [0.05, 0.1) is 32.4 Å². The molecule has 1 amide bonds. The van der Waals surface area contributed by atoms with Gasteiger partial charge in [0, 0.05) is 43.0 Å². The number of nitrogens with one attached hydrogen (secondary N) is 2. The van der Waals surface area contributed by atoms with E-state index in [1.807, 2.05) is 35.2 Å². The van der Waals surface area contributed by atoms with Crippen molar-refractivity contribution in [1.29, 1.82) is 0 Å². The van der Waals surface area contributed by atoms with Crippen LogP contribution in [-0.2, 0) is 6.54 Å². The summed E-state index contributed by atoms with van der Waals surface area (Å²) in [5.41, 5.74) is 3.39. The van der Waals surface area contributed by atoms with Crippen molar-refractivity contribution in [1.82, 2.24) is 19.8 Å². The average molecular weight is 655 g/mol. The fourth-order valence-corrected chi connectivity index (χ4v) is 4.99. The van der Waals surface area contributed by atoms with Gasteiger partial charge in [-0.15, -0.1) is 24.8 Å². The minimum atomic E-state index is 0. The highest BCUT2D eigenvalue weighted by Crippen LogP contribution is 2.40. The number of carbonyl (C=O) groups excluding carboxylic acids is 1. The highest BCUT2D eigenvalue weighted by atomic mass is 35.5. The summed E-state index contributed by atoms with van der Waals surface area (Å²) in [5, 5.41) is 7.04. The van der Waals surface area contributed by atoms with E-state index in [0.717, 1.165) is 55.9 Å². The van der Waals surface area contributed by atoms with Crippen LogP contribution in [0.15, 0.2) is 30.3 Å². The molecule has 9 nitrogen and oxygen atoms in total. The first-order valence-corrected chi connectivity index (χ1v) is 14.9. The zero-order valence-electron chi connectivity index (χ0n) is 28.1. The van der Waals surface area contributed by atoms with E-state index in [4.69, 9.17) is 19.2 Å². The minimum absolute atomic E-state index is 0. The lowest BCUT2D eigenvalue weighted by Gasteiger charge is -2.26. The van der Waals surface area contributed by atoms with Crippen LogP contribution in [0.1, 0.15) is 65.2 Å². The Bertz CT molecular complexity index is 1300. The van der Waals surface area contributed by atoms with Crippen LogP contribution >= 0.6 is 24.8 Å². The Morgan fingerprint density at radius 1 is 0.932 bits per heavy atom. The molecule has 0 bridgehead atoms. The molecule has 0 fully saturated rings. The maximum Gasteiger partial charge on any atom is 0.253 e. The molecule has 0 radical (unpaired) electrons. The number of methoxy groups -OCH3 is 3. The van der Waals surface area contributed by atoms with E-state index in [9.17, 15) is 4.79 Å². The Morgan fingerprint density at radius 3 is 2.02 bits per heavy atom. The minimum Gasteiger partial charge on any atom is -0.493 e. The van der Waals surface area contributed by atoms with Gasteiger partial charge < -0.3 is 34.3 Å². The third kappa shape index (κ3) is 10.6. The van der Waals surface area contributed by atoms with Crippen molar-refractivity contribution in [2.45, 2.75) is 61.4 Å². The predicted octanol–water partition coefficient (Wildman–Crippen LogP) is 7.43. The lowest BCUT2D eigenvalue weighted by Crippen LogP contribution is -2.37. The number of nitrogens with zero attached hydrogens (tertiary/aromatic N) is 3. The molecule has 0 aliphatic rings. The van der Waals surface area contributed by atoms with Gasteiger partial charge in [-0.2, -0.15) is 0 Å². The van der Waals surface area contributed by atoms with Crippen molar-refractivity contribution in [3.05, 3.63) is 35.9 Å². The van der Waals surface area contributed by atoms with Crippen molar-refractivity contribution in [2.75, 3.05) is 52.8 Å². The van der Waals surface area contributed by atoms with Gasteiger partial charge in [0.1, 0.15) is 0 Å². The highest BCUT2D eigenvalue weighted by molar-refractivity contribution is 5.98. The number of aryl methyl sites for hydroxylation is 1. The molecule has 0 spiro atoms. The van der Waals surface area contributed by atoms with Crippen LogP contribution in [0.3, 0.4) is 0 Å². The molecule has 0 aliphatic carbocycles. The molecule has 11 heteroatoms. The van der Waals surface area contributed by atoms with Gasteiger partial charge in [-0.3, -0.25) is 4.79 Å². The number of ether oxygens (including phenoxy) is 3. The van der Waals surface area contributed by atoms with Gasteiger partial charge in [-0.05, 0) is 55.0 Å². The second-order valence-corrected chi connectivity index (χ2v) is 12.9. The molecule has 3 rings (SSSR count). The fourth-order valence-electron chi connectivity index (χ4n) is 4.99. The van der Waals surface area contributed by atoms with Crippen molar-refractivity contribution < 1.29 is 19.0 Å². The van der Waals surface area contributed by atoms with E-state index < -0.39 is 0 Å². The summed E-state index contributed by atoms with van der Waals surface area (Å²) in [7, 11) is 4.78. The Labute approximate surface area is 276 Å². The van der Waals surface area contributed by atoms with Crippen LogP contribution in [0.4, 0.5) is 11.6 Å². The number of hydrogen-bond donors (Lipinski definition) is 2. The average Bonchev–Trinajstić information content (AvgIpc) is 3.26. The van der Waals surface area contributed by atoms with Crippen LogP contribution in [0, 0.1) is 17.3 Å². The van der Waals surface area contributed by atoms with Crippen molar-refractivity contribution >= 4 is 53.4 Å². The van der Waals surface area contributed by atoms with Gasteiger partial charge >= 0.3 is 0 Å². The summed E-state index contributed by atoms with van der Waals surface area (Å²) in [5.74, 6) is 3.14. The molecule has 0 unspecified atom stereocenters. The Balaban J connectivity index is 0.00000484. The van der Waals surface area contributed by atoms with Crippen LogP contribution < -0.4 is 24.8 Å². The Hall–Kier alpha value is -2.88. The molecule has 1 aromatic heterocycles. The van der Waals surface area contributed by atoms with E-state index >= 15 is 0 Å². The Kier molecular flexibility index (Phi) is 15.6. The third-order valence-electron chi connectivity index (χ3n) is 6.76. The molecular weight excluding hydrogens is 601 g/mol. The van der Waals surface area contributed by atoms with E-state index in [2.05, 4.69) is 63.7 Å². The molecule has 44 heavy (non-hydrogen) atoms. The summed E-state index contributed by atoms with van der Waals surface area (Å²) in [4.78, 5) is 20.6. The standard InChI is InChI=1S/C33H51N5O4.2ClH/c1-22(2)19-37(20-23(3)4)31(39)24-12-13-26-27(16-24)38(15-11-14-34-21-33(5,6)7)32(36-26)35-25-17-28(40-8)30(42-10)29(18-25)41-9;;/h12-13,16-18,22-23,34H,11,14-15,19-21H2,1-10H3,(H,35,36);2*1H. The van der Waals surface area contributed by atoms with E-state index in [0.29, 0.717) is 40.6 Å². The van der Waals surface area contributed by atoms with Crippen molar-refractivity contribution in [3.63, 3.8) is 0 Å². The summed E-state index contributed by atoms with van der Waals surface area (Å²) in [6.45, 7) is 19.2. The molecule has 0 atom stereocenters. The number of anilines is 2. The van der Waals surface area contributed by atoms with Gasteiger partial charge in [-0.1, -0.05) is 48.5 Å². The molecular formula is C33H53Cl2N5O4. The maximum atomic E-state index is 13.7.